The van der Waals surface area contributed by atoms with Crippen molar-refractivity contribution in [2.24, 2.45) is 0 Å². The second kappa shape index (κ2) is 7.98. The average molecular weight is 360 g/mol. The Hall–Kier alpha value is -2.32. The Kier molecular flexibility index (Phi) is 5.50. The Morgan fingerprint density at radius 2 is 2.08 bits per heavy atom. The van der Waals surface area contributed by atoms with E-state index in [1.54, 1.807) is 12.3 Å². The van der Waals surface area contributed by atoms with Gasteiger partial charge in [0.25, 0.3) is 0 Å². The summed E-state index contributed by atoms with van der Waals surface area (Å²) in [6.07, 6.45) is 1.59. The Morgan fingerprint density at radius 1 is 1.25 bits per heavy atom. The van der Waals surface area contributed by atoms with Crippen molar-refractivity contribution in [3.63, 3.8) is 0 Å². The Bertz CT molecular complexity index is 774. The van der Waals surface area contributed by atoms with Crippen molar-refractivity contribution < 1.29 is 9.21 Å². The summed E-state index contributed by atoms with van der Waals surface area (Å²) in [5.74, 6) is 0.662. The van der Waals surface area contributed by atoms with Crippen molar-refractivity contribution in [3.05, 3.63) is 54.5 Å². The summed E-state index contributed by atoms with van der Waals surface area (Å²) in [4.78, 5) is 12.1. The second-order valence-corrected chi connectivity index (χ2v) is 7.49. The number of hydrogen-bond acceptors (Lipinski definition) is 7. The van der Waals surface area contributed by atoms with E-state index in [2.05, 4.69) is 20.8 Å². The number of nitrogens with one attached hydrogen (secondary N) is 2. The number of carbonyl (C=O) groups excluding carboxylic acids is 1. The molecule has 2 N–H and O–H groups in total. The van der Waals surface area contributed by atoms with Crippen LogP contribution in [0, 0.1) is 0 Å². The zero-order chi connectivity index (χ0) is 16.8. The standard InChI is InChI=1S/C16H16N4O2S2/c1-11(14(21)17-10-13-8-5-9-22-13)23-16-20-19-15(24-16)18-12-6-3-2-4-7-12/h2-9,11H,10H2,1H3,(H,17,21)(H,18,19). The first-order chi connectivity index (χ1) is 11.7. The van der Waals surface area contributed by atoms with Crippen molar-refractivity contribution in [2.45, 2.75) is 23.1 Å². The van der Waals surface area contributed by atoms with Gasteiger partial charge in [-0.2, -0.15) is 0 Å². The van der Waals surface area contributed by atoms with Gasteiger partial charge in [-0.3, -0.25) is 4.79 Å². The molecule has 1 atom stereocenters. The number of amides is 1. The molecule has 0 aliphatic rings. The van der Waals surface area contributed by atoms with E-state index < -0.39 is 0 Å². The first kappa shape index (κ1) is 16.5. The lowest BCUT2D eigenvalue weighted by atomic mass is 10.3. The quantitative estimate of drug-likeness (QED) is 0.626. The fourth-order valence-corrected chi connectivity index (χ4v) is 3.83. The van der Waals surface area contributed by atoms with Gasteiger partial charge in [0, 0.05) is 5.69 Å². The Morgan fingerprint density at radius 3 is 2.83 bits per heavy atom. The smallest absolute Gasteiger partial charge is 0.233 e. The van der Waals surface area contributed by atoms with Gasteiger partial charge in [-0.05, 0) is 31.2 Å². The molecule has 0 radical (unpaired) electrons. The summed E-state index contributed by atoms with van der Waals surface area (Å²) in [7, 11) is 0. The summed E-state index contributed by atoms with van der Waals surface area (Å²) in [5, 5.41) is 14.7. The predicted molar refractivity (Wildman–Crippen MR) is 95.5 cm³/mol. The van der Waals surface area contributed by atoms with Crippen molar-refractivity contribution >= 4 is 39.8 Å². The lowest BCUT2D eigenvalue weighted by Crippen LogP contribution is -2.30. The van der Waals surface area contributed by atoms with Gasteiger partial charge in [0.1, 0.15) is 5.76 Å². The van der Waals surface area contributed by atoms with Crippen LogP contribution in [0.5, 0.6) is 0 Å². The highest BCUT2D eigenvalue weighted by molar-refractivity contribution is 8.02. The SMILES string of the molecule is CC(Sc1nnc(Nc2ccccc2)s1)C(=O)NCc1ccco1. The fourth-order valence-electron chi connectivity index (χ4n) is 1.89. The van der Waals surface area contributed by atoms with Crippen LogP contribution in [-0.4, -0.2) is 21.4 Å². The first-order valence-corrected chi connectivity index (χ1v) is 9.02. The zero-order valence-corrected chi connectivity index (χ0v) is 14.6. The van der Waals surface area contributed by atoms with Gasteiger partial charge >= 0.3 is 0 Å². The average Bonchev–Trinajstić information content (AvgIpc) is 3.25. The molecule has 24 heavy (non-hydrogen) atoms. The number of hydrogen-bond donors (Lipinski definition) is 2. The summed E-state index contributed by atoms with van der Waals surface area (Å²) >= 11 is 2.80. The maximum Gasteiger partial charge on any atom is 0.233 e. The van der Waals surface area contributed by atoms with Gasteiger partial charge in [0.05, 0.1) is 18.1 Å². The van der Waals surface area contributed by atoms with E-state index in [1.807, 2.05) is 43.3 Å². The number of aromatic nitrogens is 2. The van der Waals surface area contributed by atoms with Crippen LogP contribution in [0.3, 0.4) is 0 Å². The molecule has 1 amide bonds. The number of thioether (sulfide) groups is 1. The molecule has 3 rings (SSSR count). The lowest BCUT2D eigenvalue weighted by Gasteiger charge is -2.08. The number of carbonyl (C=O) groups is 1. The van der Waals surface area contributed by atoms with Crippen molar-refractivity contribution in [1.29, 1.82) is 0 Å². The minimum atomic E-state index is -0.266. The third-order valence-corrected chi connectivity index (χ3v) is 5.12. The Balaban J connectivity index is 1.51. The van der Waals surface area contributed by atoms with Gasteiger partial charge in [-0.25, -0.2) is 0 Å². The molecule has 0 aliphatic heterocycles. The molecule has 0 saturated heterocycles. The van der Waals surface area contributed by atoms with E-state index in [4.69, 9.17) is 4.42 Å². The van der Waals surface area contributed by atoms with Gasteiger partial charge in [0.15, 0.2) is 4.34 Å². The van der Waals surface area contributed by atoms with Crippen LogP contribution in [0.1, 0.15) is 12.7 Å². The molecule has 6 nitrogen and oxygen atoms in total. The zero-order valence-electron chi connectivity index (χ0n) is 12.9. The maximum absolute atomic E-state index is 12.1. The topological polar surface area (TPSA) is 80.0 Å². The summed E-state index contributed by atoms with van der Waals surface area (Å²) in [6, 6.07) is 13.4. The van der Waals surface area contributed by atoms with Crippen LogP contribution < -0.4 is 10.6 Å². The number of furan rings is 1. The van der Waals surface area contributed by atoms with Gasteiger partial charge < -0.3 is 15.1 Å². The summed E-state index contributed by atoms with van der Waals surface area (Å²) in [5.41, 5.74) is 0.953. The van der Waals surface area contributed by atoms with Crippen LogP contribution in [0.2, 0.25) is 0 Å². The number of benzene rings is 1. The Labute approximate surface area is 147 Å². The maximum atomic E-state index is 12.1. The normalized spacial score (nSPS) is 11.9. The molecule has 0 saturated carbocycles. The van der Waals surface area contributed by atoms with Gasteiger partial charge in [0.2, 0.25) is 11.0 Å². The molecule has 0 aliphatic carbocycles. The highest BCUT2D eigenvalue weighted by Crippen LogP contribution is 2.30. The third kappa shape index (κ3) is 4.59. The molecule has 0 bridgehead atoms. The van der Waals surface area contributed by atoms with E-state index in [9.17, 15) is 4.79 Å². The van der Waals surface area contributed by atoms with Crippen molar-refractivity contribution in [1.82, 2.24) is 15.5 Å². The second-order valence-electron chi connectivity index (χ2n) is 4.92. The fraction of sp³-hybridized carbons (Fsp3) is 0.188. The van der Waals surface area contributed by atoms with Crippen molar-refractivity contribution in [3.8, 4) is 0 Å². The first-order valence-electron chi connectivity index (χ1n) is 7.33. The summed E-state index contributed by atoms with van der Waals surface area (Å²) in [6.45, 7) is 2.22. The predicted octanol–water partition coefficient (Wildman–Crippen LogP) is 3.67. The van der Waals surface area contributed by atoms with E-state index >= 15 is 0 Å². The molecule has 1 unspecified atom stereocenters. The van der Waals surface area contributed by atoms with Crippen LogP contribution in [0.25, 0.3) is 0 Å². The van der Waals surface area contributed by atoms with Crippen molar-refractivity contribution in [2.75, 3.05) is 5.32 Å². The number of para-hydroxylation sites is 1. The molecule has 2 aromatic heterocycles. The molecular formula is C16H16N4O2S2. The van der Waals surface area contributed by atoms with Gasteiger partial charge in [-0.1, -0.05) is 41.3 Å². The van der Waals surface area contributed by atoms with Crippen LogP contribution in [-0.2, 0) is 11.3 Å². The molecule has 2 heterocycles. The van der Waals surface area contributed by atoms with E-state index in [-0.39, 0.29) is 11.2 Å². The molecule has 1 aromatic carbocycles. The van der Waals surface area contributed by atoms with Gasteiger partial charge in [-0.15, -0.1) is 10.2 Å². The minimum absolute atomic E-state index is 0.0656. The van der Waals surface area contributed by atoms with E-state index in [1.165, 1.54) is 23.1 Å². The minimum Gasteiger partial charge on any atom is -0.467 e. The highest BCUT2D eigenvalue weighted by atomic mass is 32.2. The molecular weight excluding hydrogens is 344 g/mol. The molecule has 0 fully saturated rings. The summed E-state index contributed by atoms with van der Waals surface area (Å²) < 4.78 is 5.94. The molecule has 8 heteroatoms. The van der Waals surface area contributed by atoms with Crippen LogP contribution in [0.15, 0.2) is 57.5 Å². The number of anilines is 2. The van der Waals surface area contributed by atoms with Crippen LogP contribution in [0.4, 0.5) is 10.8 Å². The number of rotatable bonds is 7. The third-order valence-electron chi connectivity index (χ3n) is 3.10. The lowest BCUT2D eigenvalue weighted by molar-refractivity contribution is -0.120. The number of nitrogens with zero attached hydrogens (tertiary/aromatic N) is 2. The largest absolute Gasteiger partial charge is 0.467 e. The van der Waals surface area contributed by atoms with Crippen LogP contribution >= 0.6 is 23.1 Å². The highest BCUT2D eigenvalue weighted by Gasteiger charge is 2.17. The molecule has 0 spiro atoms. The monoisotopic (exact) mass is 360 g/mol. The molecule has 3 aromatic rings. The molecule has 124 valence electrons. The van der Waals surface area contributed by atoms with E-state index in [0.29, 0.717) is 11.7 Å². The van der Waals surface area contributed by atoms with E-state index in [0.717, 1.165) is 15.8 Å².